The second-order valence-corrected chi connectivity index (χ2v) is 8.71. The van der Waals surface area contributed by atoms with Gasteiger partial charge in [0, 0.05) is 5.54 Å². The van der Waals surface area contributed by atoms with Crippen LogP contribution in [0.5, 0.6) is 0 Å². The van der Waals surface area contributed by atoms with Crippen molar-refractivity contribution < 1.29 is 0 Å². The predicted octanol–water partition coefficient (Wildman–Crippen LogP) is 4.83. The third-order valence-corrected chi connectivity index (χ3v) is 4.03. The summed E-state index contributed by atoms with van der Waals surface area (Å²) in [7, 11) is 0. The number of thiazole rings is 1. The molecule has 104 valence electrons. The van der Waals surface area contributed by atoms with Crippen LogP contribution in [0, 0.1) is 5.41 Å². The van der Waals surface area contributed by atoms with Crippen LogP contribution in [0.1, 0.15) is 53.0 Å². The molecule has 0 fully saturated rings. The molecule has 1 rings (SSSR count). The van der Waals surface area contributed by atoms with Gasteiger partial charge in [-0.2, -0.15) is 0 Å². The lowest BCUT2D eigenvalue weighted by atomic mass is 9.91. The van der Waals surface area contributed by atoms with Crippen molar-refractivity contribution in [3.8, 4) is 0 Å². The summed E-state index contributed by atoms with van der Waals surface area (Å²) in [4.78, 5) is 6.84. The van der Waals surface area contributed by atoms with Crippen molar-refractivity contribution in [3.05, 3.63) is 15.5 Å². The minimum Gasteiger partial charge on any atom is -0.292 e. The SMILES string of the molecule is CC(C)(C)CCN(Cc1ncc(Cl)s1)C(C)(C)C. The van der Waals surface area contributed by atoms with Gasteiger partial charge >= 0.3 is 0 Å². The maximum atomic E-state index is 5.95. The Kier molecular flexibility index (Phi) is 5.22. The number of hydrogen-bond acceptors (Lipinski definition) is 3. The van der Waals surface area contributed by atoms with Gasteiger partial charge in [0.2, 0.25) is 0 Å². The first kappa shape index (κ1) is 15.9. The average Bonchev–Trinajstić information content (AvgIpc) is 2.55. The van der Waals surface area contributed by atoms with E-state index in [2.05, 4.69) is 51.4 Å². The molecule has 2 nitrogen and oxygen atoms in total. The molecule has 18 heavy (non-hydrogen) atoms. The summed E-state index contributed by atoms with van der Waals surface area (Å²) in [6, 6.07) is 0. The number of nitrogens with zero attached hydrogens (tertiary/aromatic N) is 2. The molecule has 0 saturated heterocycles. The Bertz CT molecular complexity index is 374. The Morgan fingerprint density at radius 3 is 2.22 bits per heavy atom. The van der Waals surface area contributed by atoms with Gasteiger partial charge in [-0.15, -0.1) is 11.3 Å². The van der Waals surface area contributed by atoms with E-state index in [1.165, 1.54) is 6.42 Å². The smallest absolute Gasteiger partial charge is 0.113 e. The first-order valence-electron chi connectivity index (χ1n) is 6.43. The normalized spacial score (nSPS) is 13.3. The van der Waals surface area contributed by atoms with Crippen LogP contribution in [0.3, 0.4) is 0 Å². The van der Waals surface area contributed by atoms with Crippen molar-refractivity contribution in [2.24, 2.45) is 5.41 Å². The molecule has 4 heteroatoms. The minimum atomic E-state index is 0.156. The fraction of sp³-hybridized carbons (Fsp3) is 0.786. The molecule has 0 N–H and O–H groups in total. The van der Waals surface area contributed by atoms with Crippen LogP contribution in [-0.4, -0.2) is 22.0 Å². The third kappa shape index (κ3) is 5.68. The van der Waals surface area contributed by atoms with Gasteiger partial charge in [-0.3, -0.25) is 4.90 Å². The van der Waals surface area contributed by atoms with Crippen molar-refractivity contribution in [1.82, 2.24) is 9.88 Å². The zero-order valence-corrected chi connectivity index (χ0v) is 14.0. The van der Waals surface area contributed by atoms with Gasteiger partial charge in [0.15, 0.2) is 0 Å². The molecule has 0 aliphatic heterocycles. The molecule has 0 aliphatic rings. The number of aromatic nitrogens is 1. The molecule has 0 aromatic carbocycles. The molecular formula is C14H25ClN2S. The molecule has 0 saturated carbocycles. The van der Waals surface area contributed by atoms with Gasteiger partial charge in [-0.25, -0.2) is 4.98 Å². The summed E-state index contributed by atoms with van der Waals surface area (Å²) in [6.07, 6.45) is 2.93. The van der Waals surface area contributed by atoms with Gasteiger partial charge in [-0.05, 0) is 39.2 Å². The van der Waals surface area contributed by atoms with Crippen LogP contribution in [0.4, 0.5) is 0 Å². The first-order valence-corrected chi connectivity index (χ1v) is 7.63. The van der Waals surface area contributed by atoms with E-state index in [0.717, 1.165) is 22.4 Å². The van der Waals surface area contributed by atoms with E-state index in [-0.39, 0.29) is 5.54 Å². The van der Waals surface area contributed by atoms with Crippen molar-refractivity contribution in [2.45, 2.75) is 60.0 Å². The van der Waals surface area contributed by atoms with Crippen LogP contribution in [0.25, 0.3) is 0 Å². The highest BCUT2D eigenvalue weighted by Gasteiger charge is 2.24. The summed E-state index contributed by atoms with van der Waals surface area (Å²) in [5.74, 6) is 0. The van der Waals surface area contributed by atoms with Crippen LogP contribution < -0.4 is 0 Å². The maximum Gasteiger partial charge on any atom is 0.113 e. The highest BCUT2D eigenvalue weighted by Crippen LogP contribution is 2.26. The fourth-order valence-electron chi connectivity index (χ4n) is 1.65. The predicted molar refractivity (Wildman–Crippen MR) is 81.4 cm³/mol. The molecule has 1 heterocycles. The average molecular weight is 289 g/mol. The molecule has 0 aliphatic carbocycles. The summed E-state index contributed by atoms with van der Waals surface area (Å²) in [5.41, 5.74) is 0.521. The van der Waals surface area contributed by atoms with Crippen molar-refractivity contribution in [2.75, 3.05) is 6.54 Å². The van der Waals surface area contributed by atoms with E-state index < -0.39 is 0 Å². The van der Waals surface area contributed by atoms with E-state index in [1.807, 2.05) is 0 Å². The highest BCUT2D eigenvalue weighted by molar-refractivity contribution is 7.15. The Morgan fingerprint density at radius 1 is 1.22 bits per heavy atom. The van der Waals surface area contributed by atoms with Gasteiger partial charge < -0.3 is 0 Å². The topological polar surface area (TPSA) is 16.1 Å². The third-order valence-electron chi connectivity index (χ3n) is 2.93. The molecular weight excluding hydrogens is 264 g/mol. The monoisotopic (exact) mass is 288 g/mol. The van der Waals surface area contributed by atoms with Crippen molar-refractivity contribution >= 4 is 22.9 Å². The van der Waals surface area contributed by atoms with E-state index in [4.69, 9.17) is 11.6 Å². The highest BCUT2D eigenvalue weighted by atomic mass is 35.5. The van der Waals surface area contributed by atoms with E-state index in [9.17, 15) is 0 Å². The van der Waals surface area contributed by atoms with Gasteiger partial charge in [0.1, 0.15) is 9.34 Å². The number of halogens is 1. The van der Waals surface area contributed by atoms with Crippen molar-refractivity contribution in [3.63, 3.8) is 0 Å². The largest absolute Gasteiger partial charge is 0.292 e. The molecule has 1 aromatic heterocycles. The maximum absolute atomic E-state index is 5.95. The minimum absolute atomic E-state index is 0.156. The Labute approximate surface area is 120 Å². The van der Waals surface area contributed by atoms with Crippen LogP contribution in [-0.2, 0) is 6.54 Å². The molecule has 0 unspecified atom stereocenters. The molecule has 0 bridgehead atoms. The fourth-order valence-corrected chi connectivity index (χ4v) is 2.62. The first-order chi connectivity index (χ1) is 8.08. The standard InChI is InChI=1S/C14H25ClN2S/c1-13(2,3)7-8-17(14(4,5)6)10-12-16-9-11(15)18-12/h9H,7-8,10H2,1-6H3. The lowest BCUT2D eigenvalue weighted by molar-refractivity contribution is 0.110. The lowest BCUT2D eigenvalue weighted by Crippen LogP contribution is -2.42. The quantitative estimate of drug-likeness (QED) is 0.788. The molecule has 0 amide bonds. The Hall–Kier alpha value is -0.120. The van der Waals surface area contributed by atoms with Crippen LogP contribution >= 0.6 is 22.9 Å². The zero-order valence-electron chi connectivity index (χ0n) is 12.4. The molecule has 0 atom stereocenters. The summed E-state index contributed by atoms with van der Waals surface area (Å²) >= 11 is 7.52. The lowest BCUT2D eigenvalue weighted by Gasteiger charge is -2.36. The van der Waals surface area contributed by atoms with Crippen molar-refractivity contribution in [1.29, 1.82) is 0 Å². The number of hydrogen-bond donors (Lipinski definition) is 0. The Balaban J connectivity index is 2.68. The van der Waals surface area contributed by atoms with Gasteiger partial charge in [0.05, 0.1) is 12.7 Å². The summed E-state index contributed by atoms with van der Waals surface area (Å²) in [6.45, 7) is 15.6. The second-order valence-electron chi connectivity index (χ2n) is 6.96. The van der Waals surface area contributed by atoms with Crippen LogP contribution in [0.2, 0.25) is 4.34 Å². The summed E-state index contributed by atoms with van der Waals surface area (Å²) in [5, 5.41) is 1.10. The van der Waals surface area contributed by atoms with Crippen LogP contribution in [0.15, 0.2) is 6.20 Å². The van der Waals surface area contributed by atoms with Gasteiger partial charge in [-0.1, -0.05) is 32.4 Å². The van der Waals surface area contributed by atoms with Gasteiger partial charge in [0.25, 0.3) is 0 Å². The summed E-state index contributed by atoms with van der Waals surface area (Å²) < 4.78 is 0.773. The second kappa shape index (κ2) is 5.89. The van der Waals surface area contributed by atoms with E-state index in [1.54, 1.807) is 17.5 Å². The van der Waals surface area contributed by atoms with E-state index >= 15 is 0 Å². The number of rotatable bonds is 4. The Morgan fingerprint density at radius 2 is 1.83 bits per heavy atom. The zero-order chi connectivity index (χ0) is 14.0. The molecule has 1 aromatic rings. The molecule has 0 radical (unpaired) electrons. The van der Waals surface area contributed by atoms with E-state index in [0.29, 0.717) is 5.41 Å². The molecule has 0 spiro atoms.